The number of carbonyl (C=O) groups is 1. The Kier molecular flexibility index (Phi) is 5.59. The van der Waals surface area contributed by atoms with Crippen LogP contribution in [-0.2, 0) is 23.2 Å². The van der Waals surface area contributed by atoms with Crippen molar-refractivity contribution < 1.29 is 19.0 Å². The minimum Gasteiger partial charge on any atom is -0.493 e. The van der Waals surface area contributed by atoms with Crippen molar-refractivity contribution in [2.45, 2.75) is 39.2 Å². The Morgan fingerprint density at radius 1 is 0.969 bits per heavy atom. The van der Waals surface area contributed by atoms with Crippen molar-refractivity contribution in [3.63, 3.8) is 0 Å². The summed E-state index contributed by atoms with van der Waals surface area (Å²) in [6.45, 7) is 6.70. The first-order valence-electron chi connectivity index (χ1n) is 10.5. The topological polar surface area (TPSA) is 65.8 Å². The molecule has 0 aliphatic carbocycles. The molecule has 0 atom stereocenters. The number of benzene rings is 2. The van der Waals surface area contributed by atoms with Crippen LogP contribution in [0.5, 0.6) is 17.2 Å². The molecule has 7 heteroatoms. The van der Waals surface area contributed by atoms with Crippen LogP contribution < -0.4 is 19.1 Å². The molecule has 0 bridgehead atoms. The molecule has 0 radical (unpaired) electrons. The van der Waals surface area contributed by atoms with Crippen LogP contribution in [0.25, 0.3) is 5.69 Å². The predicted molar refractivity (Wildman–Crippen MR) is 123 cm³/mol. The first-order chi connectivity index (χ1) is 15.3. The molecule has 2 aromatic carbocycles. The molecule has 0 N–H and O–H groups in total. The van der Waals surface area contributed by atoms with Crippen LogP contribution >= 0.6 is 0 Å². The van der Waals surface area contributed by atoms with Crippen LogP contribution in [0.3, 0.4) is 0 Å². The van der Waals surface area contributed by atoms with Crippen molar-refractivity contribution in [2.75, 3.05) is 26.2 Å². The van der Waals surface area contributed by atoms with Gasteiger partial charge in [-0.2, -0.15) is 5.10 Å². The van der Waals surface area contributed by atoms with Gasteiger partial charge in [-0.05, 0) is 29.3 Å². The van der Waals surface area contributed by atoms with Gasteiger partial charge in [0, 0.05) is 11.5 Å². The van der Waals surface area contributed by atoms with Crippen LogP contribution in [0.4, 0.5) is 5.82 Å². The molecule has 0 unspecified atom stereocenters. The standard InChI is InChI=1S/C25H29N3O4/c1-25(2,3)21-14-22-27(15-16-11-19(30-4)24(32-6)20(12-16)31-5)23(29)13-17-9-7-8-10-18(17)28(22)26-21/h7-12,14H,13,15H2,1-6H3. The molecule has 0 saturated heterocycles. The summed E-state index contributed by atoms with van der Waals surface area (Å²) in [6, 6.07) is 13.7. The average Bonchev–Trinajstić information content (AvgIpc) is 3.18. The maximum Gasteiger partial charge on any atom is 0.232 e. The average molecular weight is 436 g/mol. The quantitative estimate of drug-likeness (QED) is 0.598. The fourth-order valence-corrected chi connectivity index (χ4v) is 3.94. The Morgan fingerprint density at radius 2 is 1.62 bits per heavy atom. The second kappa shape index (κ2) is 8.22. The number of hydrogen-bond acceptors (Lipinski definition) is 5. The molecule has 168 valence electrons. The molecule has 1 aliphatic rings. The van der Waals surface area contributed by atoms with Crippen LogP contribution in [0.1, 0.15) is 37.6 Å². The van der Waals surface area contributed by atoms with E-state index in [0.29, 0.717) is 30.2 Å². The lowest BCUT2D eigenvalue weighted by molar-refractivity contribution is -0.118. The first-order valence-corrected chi connectivity index (χ1v) is 10.5. The summed E-state index contributed by atoms with van der Waals surface area (Å²) in [5.74, 6) is 2.38. The molecule has 32 heavy (non-hydrogen) atoms. The van der Waals surface area contributed by atoms with Gasteiger partial charge >= 0.3 is 0 Å². The van der Waals surface area contributed by atoms with Crippen LogP contribution in [0, 0.1) is 0 Å². The van der Waals surface area contributed by atoms with Crippen LogP contribution in [-0.4, -0.2) is 37.0 Å². The van der Waals surface area contributed by atoms with Crippen LogP contribution in [0.2, 0.25) is 0 Å². The van der Waals surface area contributed by atoms with Crippen molar-refractivity contribution in [1.29, 1.82) is 0 Å². The molecule has 1 aliphatic heterocycles. The van der Waals surface area contributed by atoms with Gasteiger partial charge in [0.2, 0.25) is 11.7 Å². The summed E-state index contributed by atoms with van der Waals surface area (Å²) < 4.78 is 18.3. The van der Waals surface area contributed by atoms with E-state index in [2.05, 4.69) is 20.8 Å². The van der Waals surface area contributed by atoms with E-state index < -0.39 is 0 Å². The number of fused-ring (bicyclic) bond motifs is 3. The van der Waals surface area contributed by atoms with E-state index in [1.165, 1.54) is 0 Å². The lowest BCUT2D eigenvalue weighted by Gasteiger charge is -2.22. The smallest absolute Gasteiger partial charge is 0.232 e. The monoisotopic (exact) mass is 435 g/mol. The normalized spacial score (nSPS) is 13.3. The highest BCUT2D eigenvalue weighted by Gasteiger charge is 2.30. The van der Waals surface area contributed by atoms with E-state index in [-0.39, 0.29) is 11.3 Å². The van der Waals surface area contributed by atoms with Gasteiger partial charge in [0.25, 0.3) is 0 Å². The number of hydrogen-bond donors (Lipinski definition) is 0. The molecule has 1 amide bonds. The molecular weight excluding hydrogens is 406 g/mol. The Morgan fingerprint density at radius 3 is 2.22 bits per heavy atom. The Labute approximate surface area is 188 Å². The van der Waals surface area contributed by atoms with Gasteiger partial charge < -0.3 is 14.2 Å². The number of methoxy groups -OCH3 is 3. The van der Waals surface area contributed by atoms with E-state index in [4.69, 9.17) is 19.3 Å². The molecule has 0 saturated carbocycles. The zero-order chi connectivity index (χ0) is 23.0. The summed E-state index contributed by atoms with van der Waals surface area (Å²) in [6.07, 6.45) is 0.300. The summed E-state index contributed by atoms with van der Waals surface area (Å²) in [5.41, 5.74) is 3.51. The van der Waals surface area contributed by atoms with Gasteiger partial charge in [-0.1, -0.05) is 39.0 Å². The number of para-hydroxylation sites is 1. The lowest BCUT2D eigenvalue weighted by Crippen LogP contribution is -2.31. The number of aromatic nitrogens is 2. The van der Waals surface area contributed by atoms with Gasteiger partial charge in [0.05, 0.1) is 45.7 Å². The summed E-state index contributed by atoms with van der Waals surface area (Å²) in [7, 11) is 4.74. The molecule has 3 aromatic rings. The highest BCUT2D eigenvalue weighted by Crippen LogP contribution is 2.39. The number of anilines is 1. The Balaban J connectivity index is 1.84. The van der Waals surface area contributed by atoms with Crippen molar-refractivity contribution in [3.05, 3.63) is 59.3 Å². The second-order valence-electron chi connectivity index (χ2n) is 8.87. The third kappa shape index (κ3) is 3.79. The zero-order valence-corrected chi connectivity index (χ0v) is 19.4. The van der Waals surface area contributed by atoms with Gasteiger partial charge in [-0.3, -0.25) is 9.69 Å². The van der Waals surface area contributed by atoms with Crippen molar-refractivity contribution in [1.82, 2.24) is 9.78 Å². The molecule has 4 rings (SSSR count). The maximum atomic E-state index is 13.4. The number of ether oxygens (including phenoxy) is 3. The van der Waals surface area contributed by atoms with E-state index in [0.717, 1.165) is 28.3 Å². The lowest BCUT2D eigenvalue weighted by atomic mass is 9.92. The van der Waals surface area contributed by atoms with Crippen molar-refractivity contribution >= 4 is 11.7 Å². The molecular formula is C25H29N3O4. The largest absolute Gasteiger partial charge is 0.493 e. The number of rotatable bonds is 5. The van der Waals surface area contributed by atoms with Gasteiger partial charge in [-0.25, -0.2) is 4.68 Å². The highest BCUT2D eigenvalue weighted by molar-refractivity contribution is 5.96. The highest BCUT2D eigenvalue weighted by atomic mass is 16.5. The van der Waals surface area contributed by atoms with Gasteiger partial charge in [-0.15, -0.1) is 0 Å². The van der Waals surface area contributed by atoms with Crippen molar-refractivity contribution in [2.24, 2.45) is 0 Å². The van der Waals surface area contributed by atoms with Gasteiger partial charge in [0.1, 0.15) is 5.82 Å². The Bertz CT molecular complexity index is 1140. The summed E-state index contributed by atoms with van der Waals surface area (Å²) >= 11 is 0. The Hall–Kier alpha value is -3.48. The molecule has 0 fully saturated rings. The number of amides is 1. The minimum atomic E-state index is -0.157. The van der Waals surface area contributed by atoms with E-state index in [1.807, 2.05) is 47.1 Å². The SMILES string of the molecule is COc1cc(CN2C(=O)Cc3ccccc3-n3nc(C(C)(C)C)cc32)cc(OC)c1OC. The summed E-state index contributed by atoms with van der Waals surface area (Å²) in [4.78, 5) is 15.2. The minimum absolute atomic E-state index is 0.00492. The number of nitrogens with zero attached hydrogens (tertiary/aromatic N) is 3. The molecule has 1 aromatic heterocycles. The molecule has 2 heterocycles. The predicted octanol–water partition coefficient (Wildman–Crippen LogP) is 4.28. The zero-order valence-electron chi connectivity index (χ0n) is 19.4. The van der Waals surface area contributed by atoms with Gasteiger partial charge in [0.15, 0.2) is 11.5 Å². The van der Waals surface area contributed by atoms with E-state index in [1.54, 1.807) is 26.2 Å². The van der Waals surface area contributed by atoms with E-state index >= 15 is 0 Å². The summed E-state index contributed by atoms with van der Waals surface area (Å²) in [5, 5.41) is 4.90. The number of carbonyl (C=O) groups excluding carboxylic acids is 1. The maximum absolute atomic E-state index is 13.4. The van der Waals surface area contributed by atoms with Crippen LogP contribution in [0.15, 0.2) is 42.5 Å². The fourth-order valence-electron chi connectivity index (χ4n) is 3.94. The van der Waals surface area contributed by atoms with E-state index in [9.17, 15) is 4.79 Å². The second-order valence-corrected chi connectivity index (χ2v) is 8.87. The fraction of sp³-hybridized carbons (Fsp3) is 0.360. The molecule has 0 spiro atoms. The third-order valence-electron chi connectivity index (χ3n) is 5.66. The first kappa shape index (κ1) is 21.7. The molecule has 7 nitrogen and oxygen atoms in total. The van der Waals surface area contributed by atoms with Crippen molar-refractivity contribution in [3.8, 4) is 22.9 Å². The third-order valence-corrected chi connectivity index (χ3v) is 5.66.